The number of imidazole rings is 1. The molecular formula is C19H21AsFN3. The van der Waals surface area contributed by atoms with Gasteiger partial charge in [0, 0.05) is 0 Å². The molecular weight excluding hydrogens is 364 g/mol. The predicted octanol–water partition coefficient (Wildman–Crippen LogP) is 3.96. The molecule has 1 aromatic carbocycles. The van der Waals surface area contributed by atoms with E-state index in [1.54, 1.807) is 18.3 Å². The molecule has 5 heteroatoms. The van der Waals surface area contributed by atoms with Crippen LogP contribution in [0.5, 0.6) is 0 Å². The number of nitriles is 1. The molecule has 1 aromatic heterocycles. The minimum absolute atomic E-state index is 0.124. The van der Waals surface area contributed by atoms with Crippen LogP contribution in [0.2, 0.25) is 10.4 Å². The Bertz CT molecular complexity index is 803. The van der Waals surface area contributed by atoms with Crippen LogP contribution in [-0.4, -0.2) is 24.2 Å². The van der Waals surface area contributed by atoms with Gasteiger partial charge in [-0.05, 0) is 0 Å². The van der Waals surface area contributed by atoms with Gasteiger partial charge < -0.3 is 0 Å². The van der Waals surface area contributed by atoms with Crippen molar-refractivity contribution in [2.45, 2.75) is 37.1 Å². The molecule has 2 unspecified atom stereocenters. The van der Waals surface area contributed by atoms with E-state index in [2.05, 4.69) is 35.2 Å². The summed E-state index contributed by atoms with van der Waals surface area (Å²) in [6.07, 6.45) is 10.1. The predicted molar refractivity (Wildman–Crippen MR) is 95.6 cm³/mol. The molecule has 0 saturated heterocycles. The summed E-state index contributed by atoms with van der Waals surface area (Å²) in [5, 5.41) is 8.92. The molecule has 0 aliphatic heterocycles. The molecule has 2 aromatic rings. The topological polar surface area (TPSA) is 41.6 Å². The van der Waals surface area contributed by atoms with Gasteiger partial charge in [0.1, 0.15) is 0 Å². The molecule has 1 aliphatic carbocycles. The summed E-state index contributed by atoms with van der Waals surface area (Å²) >= 11 is -1.51. The molecule has 1 aliphatic rings. The van der Waals surface area contributed by atoms with Crippen LogP contribution in [0.15, 0.2) is 43.0 Å². The normalized spacial score (nSPS) is 21.0. The molecule has 124 valence electrons. The van der Waals surface area contributed by atoms with Gasteiger partial charge in [-0.1, -0.05) is 0 Å². The second kappa shape index (κ2) is 6.57. The van der Waals surface area contributed by atoms with E-state index in [9.17, 15) is 4.39 Å². The molecule has 0 N–H and O–H groups in total. The number of allylic oxidation sites excluding steroid dienone is 2. The van der Waals surface area contributed by atoms with Crippen LogP contribution in [0.4, 0.5) is 4.39 Å². The second-order valence-electron chi connectivity index (χ2n) is 6.95. The van der Waals surface area contributed by atoms with Crippen LogP contribution in [0, 0.1) is 22.6 Å². The van der Waals surface area contributed by atoms with Crippen molar-refractivity contribution in [3.8, 4) is 6.07 Å². The van der Waals surface area contributed by atoms with Crippen molar-refractivity contribution < 1.29 is 4.39 Å². The fourth-order valence-electron chi connectivity index (χ4n) is 3.34. The Morgan fingerprint density at radius 1 is 1.42 bits per heavy atom. The Morgan fingerprint density at radius 2 is 2.21 bits per heavy atom. The maximum absolute atomic E-state index is 14.0. The number of halogens is 1. The fourth-order valence-corrected chi connectivity index (χ4v) is 8.63. The molecule has 0 amide bonds. The first-order chi connectivity index (χ1) is 11.4. The van der Waals surface area contributed by atoms with Gasteiger partial charge in [-0.3, -0.25) is 0 Å². The maximum atomic E-state index is 14.0. The van der Waals surface area contributed by atoms with E-state index < -0.39 is 20.5 Å². The van der Waals surface area contributed by atoms with Crippen molar-refractivity contribution in [3.63, 3.8) is 0 Å². The summed E-state index contributed by atoms with van der Waals surface area (Å²) in [7, 11) is 0. The molecule has 0 spiro atoms. The van der Waals surface area contributed by atoms with Crippen LogP contribution < -0.4 is 4.35 Å². The van der Waals surface area contributed by atoms with Crippen LogP contribution in [0.25, 0.3) is 5.70 Å². The Kier molecular flexibility index (Phi) is 4.65. The monoisotopic (exact) mass is 385 g/mol. The summed E-state index contributed by atoms with van der Waals surface area (Å²) in [4.78, 5) is 4.15. The summed E-state index contributed by atoms with van der Waals surface area (Å²) in [6, 6.07) is 7.04. The van der Waals surface area contributed by atoms with Crippen molar-refractivity contribution >= 4 is 24.7 Å². The third-order valence-corrected chi connectivity index (χ3v) is 10.7. The van der Waals surface area contributed by atoms with Crippen LogP contribution in [0.1, 0.15) is 32.3 Å². The number of hydrogen-bond acceptors (Lipinski definition) is 2. The van der Waals surface area contributed by atoms with Gasteiger partial charge in [-0.15, -0.1) is 0 Å². The molecule has 0 saturated carbocycles. The molecule has 0 radical (unpaired) electrons. The Morgan fingerprint density at radius 3 is 2.83 bits per heavy atom. The number of nitrogens with zero attached hydrogens (tertiary/aromatic N) is 3. The SMILES string of the molecule is C[As](c1ccc(C#N)c(F)c1)C1C=C(n2ccnc2)CCC1(C)C. The van der Waals surface area contributed by atoms with Crippen LogP contribution in [-0.2, 0) is 0 Å². The van der Waals surface area contributed by atoms with E-state index in [0.29, 0.717) is 4.71 Å². The summed E-state index contributed by atoms with van der Waals surface area (Å²) < 4.78 is 17.6. The standard InChI is InChI=1S/C19H21AsFN3/c1-19(2)7-6-16(24-9-8-23-13-24)11-18(19)20(3)15-5-4-14(12-22)17(21)10-15/h4-5,8-11,13,18H,6-7H2,1-3H3. The zero-order chi connectivity index (χ0) is 17.3. The number of hydrogen-bond donors (Lipinski definition) is 0. The Hall–Kier alpha value is -1.85. The van der Waals surface area contributed by atoms with Gasteiger partial charge in [-0.25, -0.2) is 0 Å². The van der Waals surface area contributed by atoms with Gasteiger partial charge in [0.25, 0.3) is 0 Å². The molecule has 24 heavy (non-hydrogen) atoms. The Labute approximate surface area is 147 Å². The van der Waals surface area contributed by atoms with Crippen LogP contribution >= 0.6 is 0 Å². The fraction of sp³-hybridized carbons (Fsp3) is 0.368. The van der Waals surface area contributed by atoms with E-state index in [4.69, 9.17) is 5.26 Å². The van der Waals surface area contributed by atoms with Gasteiger partial charge in [0.05, 0.1) is 0 Å². The minimum atomic E-state index is -1.51. The van der Waals surface area contributed by atoms with E-state index >= 15 is 0 Å². The van der Waals surface area contributed by atoms with Crippen molar-refractivity contribution in [3.05, 3.63) is 54.4 Å². The first kappa shape index (κ1) is 17.0. The first-order valence-corrected chi connectivity index (χ1v) is 11.9. The third-order valence-electron chi connectivity index (χ3n) is 4.91. The molecule has 3 rings (SSSR count). The molecule has 0 bridgehead atoms. The molecule has 1 heterocycles. The average Bonchev–Trinajstić information content (AvgIpc) is 3.08. The first-order valence-electron chi connectivity index (χ1n) is 8.04. The van der Waals surface area contributed by atoms with Gasteiger partial charge in [0.15, 0.2) is 0 Å². The average molecular weight is 385 g/mol. The van der Waals surface area contributed by atoms with E-state index in [1.807, 2.05) is 24.7 Å². The summed E-state index contributed by atoms with van der Waals surface area (Å²) in [6.45, 7) is 4.62. The van der Waals surface area contributed by atoms with E-state index in [0.717, 1.165) is 17.2 Å². The number of rotatable bonds is 3. The number of benzene rings is 1. The molecule has 2 atom stereocenters. The van der Waals surface area contributed by atoms with E-state index in [-0.39, 0.29) is 11.0 Å². The van der Waals surface area contributed by atoms with Gasteiger partial charge in [0.2, 0.25) is 0 Å². The molecule has 0 fully saturated rings. The third kappa shape index (κ3) is 3.19. The van der Waals surface area contributed by atoms with Crippen molar-refractivity contribution in [2.75, 3.05) is 0 Å². The van der Waals surface area contributed by atoms with Crippen LogP contribution in [0.3, 0.4) is 0 Å². The Balaban J connectivity index is 1.96. The second-order valence-corrected chi connectivity index (χ2v) is 11.8. The number of aromatic nitrogens is 2. The zero-order valence-electron chi connectivity index (χ0n) is 14.2. The van der Waals surface area contributed by atoms with Gasteiger partial charge >= 0.3 is 147 Å². The quantitative estimate of drug-likeness (QED) is 0.751. The van der Waals surface area contributed by atoms with Crippen molar-refractivity contribution in [2.24, 2.45) is 5.41 Å². The van der Waals surface area contributed by atoms with Gasteiger partial charge in [-0.2, -0.15) is 0 Å². The van der Waals surface area contributed by atoms with Crippen molar-refractivity contribution in [1.29, 1.82) is 5.26 Å². The summed E-state index contributed by atoms with van der Waals surface area (Å²) in [5.41, 5.74) is 3.89. The van der Waals surface area contributed by atoms with E-state index in [1.165, 1.54) is 5.70 Å². The zero-order valence-corrected chi connectivity index (χ0v) is 16.1. The molecule has 3 nitrogen and oxygen atoms in total. The van der Waals surface area contributed by atoms with Crippen molar-refractivity contribution in [1.82, 2.24) is 9.55 Å². The summed E-state index contributed by atoms with van der Waals surface area (Å²) in [5.74, 6) is -0.399.